The molecule has 28 heteroatoms. The van der Waals surface area contributed by atoms with Crippen LogP contribution < -0.4 is 71.2 Å². The van der Waals surface area contributed by atoms with E-state index in [0.29, 0.717) is 12.0 Å². The number of carboxylic acid groups (broad SMARTS) is 1. The summed E-state index contributed by atoms with van der Waals surface area (Å²) in [5.74, 6) is -9.25. The normalized spacial score (nSPS) is 15.7. The number of benzene rings is 1. The van der Waals surface area contributed by atoms with Crippen molar-refractivity contribution in [2.24, 2.45) is 62.3 Å². The molecule has 0 aliphatic carbocycles. The first-order valence-electron chi connectivity index (χ1n) is 27.0. The second kappa shape index (κ2) is 34.3. The molecule has 0 bridgehead atoms. The van der Waals surface area contributed by atoms with E-state index >= 15 is 0 Å². The molecule has 0 radical (unpaired) electrons. The number of carbonyl (C=O) groups is 10. The zero-order chi connectivity index (χ0) is 60.4. The van der Waals surface area contributed by atoms with Crippen LogP contribution in [0.3, 0.4) is 0 Å². The predicted octanol–water partition coefficient (Wildman–Crippen LogP) is -3.01. The van der Waals surface area contributed by atoms with E-state index in [9.17, 15) is 58.2 Å². The van der Waals surface area contributed by atoms with Crippen molar-refractivity contribution in [2.45, 2.75) is 162 Å². The molecule has 0 aromatic heterocycles. The van der Waals surface area contributed by atoms with E-state index in [1.54, 1.807) is 27.7 Å². The third kappa shape index (κ3) is 24.9. The van der Waals surface area contributed by atoms with E-state index in [1.165, 1.54) is 29.2 Å². The number of phenols is 1. The summed E-state index contributed by atoms with van der Waals surface area (Å²) in [6.45, 7) is 13.4. The number of aliphatic imine (C=N–C) groups is 2. The van der Waals surface area contributed by atoms with Crippen molar-refractivity contribution in [3.8, 4) is 5.75 Å². The van der Waals surface area contributed by atoms with Crippen LogP contribution in [0.5, 0.6) is 5.75 Å². The molecule has 1 aliphatic rings. The molecule has 1 saturated heterocycles. The van der Waals surface area contributed by atoms with Crippen molar-refractivity contribution in [3.05, 3.63) is 29.8 Å². The Kier molecular flexibility index (Phi) is 29.3. The predicted molar refractivity (Wildman–Crippen MR) is 298 cm³/mol. The third-order valence-electron chi connectivity index (χ3n) is 12.8. The average molecular weight is 1130 g/mol. The lowest BCUT2D eigenvalue weighted by Crippen LogP contribution is -2.60. The molecule has 1 aromatic rings. The van der Waals surface area contributed by atoms with Gasteiger partial charge >= 0.3 is 5.97 Å². The topological polar surface area (TPSA) is 465 Å². The number of aliphatic carboxylic acids is 1. The SMILES string of the molecule is CC(C)C[C@H](NC(=O)[C@H](Cc1ccc(O)cc1)NC(=O)[C@@H](NC(=O)CNC(=O)CNC(=O)[C@@H](N)C(C)C)C(C)C)C(=O)N[C@@H](CC(C)C)C(=O)N1CCC[C@H]1C(=O)N[C@@H](CCCN=C(N)N)C(=O)N[C@@H](CCCN=C(N)N)C(=O)O. The second-order valence-corrected chi connectivity index (χ2v) is 21.4. The highest BCUT2D eigenvalue weighted by molar-refractivity contribution is 5.98. The second-order valence-electron chi connectivity index (χ2n) is 21.4. The van der Waals surface area contributed by atoms with E-state index in [-0.39, 0.29) is 106 Å². The molecule has 0 saturated carbocycles. The van der Waals surface area contributed by atoms with Gasteiger partial charge in [-0.2, -0.15) is 0 Å². The molecule has 1 aliphatic heterocycles. The van der Waals surface area contributed by atoms with Crippen LogP contribution in [0.25, 0.3) is 0 Å². The van der Waals surface area contributed by atoms with Gasteiger partial charge in [0.15, 0.2) is 11.9 Å². The van der Waals surface area contributed by atoms with Gasteiger partial charge in [0.2, 0.25) is 53.2 Å². The fourth-order valence-corrected chi connectivity index (χ4v) is 8.44. The van der Waals surface area contributed by atoms with Gasteiger partial charge in [-0.3, -0.25) is 53.1 Å². The Morgan fingerprint density at radius 2 is 1.10 bits per heavy atom. The Hall–Kier alpha value is -7.78. The number of hydrogen-bond donors (Lipinski definition) is 15. The molecule has 1 fully saturated rings. The lowest BCUT2D eigenvalue weighted by Gasteiger charge is -2.32. The number of nitrogens with one attached hydrogen (secondary N) is 8. The Morgan fingerprint density at radius 3 is 1.64 bits per heavy atom. The van der Waals surface area contributed by atoms with E-state index in [1.807, 2.05) is 27.7 Å². The summed E-state index contributed by atoms with van der Waals surface area (Å²) >= 11 is 0. The summed E-state index contributed by atoms with van der Waals surface area (Å²) in [6, 6.07) is -3.78. The number of nitrogens with zero attached hydrogens (tertiary/aromatic N) is 3. The highest BCUT2D eigenvalue weighted by Gasteiger charge is 2.40. The zero-order valence-electron chi connectivity index (χ0n) is 47.3. The minimum atomic E-state index is -1.37. The first-order chi connectivity index (χ1) is 37.5. The molecular weight excluding hydrogens is 1040 g/mol. The highest BCUT2D eigenvalue weighted by atomic mass is 16.4. The summed E-state index contributed by atoms with van der Waals surface area (Å²) in [5.41, 5.74) is 28.0. The van der Waals surface area contributed by atoms with Gasteiger partial charge in [0.05, 0.1) is 19.1 Å². The lowest BCUT2D eigenvalue weighted by atomic mass is 9.98. The number of carboxylic acids is 1. The first-order valence-corrected chi connectivity index (χ1v) is 27.0. The van der Waals surface area contributed by atoms with Gasteiger partial charge in [0, 0.05) is 26.1 Å². The minimum absolute atomic E-state index is 0.0148. The number of hydrogen-bond acceptors (Lipinski definition) is 14. The van der Waals surface area contributed by atoms with Crippen LogP contribution in [0.2, 0.25) is 0 Å². The van der Waals surface area contributed by atoms with Crippen molar-refractivity contribution in [2.75, 3.05) is 32.7 Å². The van der Waals surface area contributed by atoms with Crippen molar-refractivity contribution >= 4 is 71.1 Å². The molecule has 0 unspecified atom stereocenters. The van der Waals surface area contributed by atoms with Gasteiger partial charge in [0.25, 0.3) is 0 Å². The molecule has 80 heavy (non-hydrogen) atoms. The fourth-order valence-electron chi connectivity index (χ4n) is 8.44. The van der Waals surface area contributed by atoms with E-state index < -0.39 is 126 Å². The van der Waals surface area contributed by atoms with Crippen LogP contribution in [0.15, 0.2) is 34.3 Å². The maximum absolute atomic E-state index is 14.6. The quantitative estimate of drug-likeness (QED) is 0.0186. The van der Waals surface area contributed by atoms with Gasteiger partial charge in [0.1, 0.15) is 48.0 Å². The number of amides is 9. The van der Waals surface area contributed by atoms with Crippen LogP contribution in [0.1, 0.15) is 112 Å². The first kappa shape index (κ1) is 68.3. The van der Waals surface area contributed by atoms with Gasteiger partial charge in [-0.25, -0.2) is 4.79 Å². The van der Waals surface area contributed by atoms with Crippen molar-refractivity contribution in [3.63, 3.8) is 0 Å². The Balaban J connectivity index is 2.37. The Morgan fingerprint density at radius 1 is 0.600 bits per heavy atom. The summed E-state index contributed by atoms with van der Waals surface area (Å²) in [4.78, 5) is 144. The standard InChI is InChI=1S/C52H88N16O12/c1-27(2)22-35(64-45(74)36(24-31-15-17-32(69)18-16-31)65-48(77)42(30(7)8)67-40(71)26-60-39(70)25-61-47(76)41(53)29(5)6)44(73)66-37(23-28(3)4)49(78)68-21-11-14-38(68)46(75)62-33(12-9-19-58-51(54)55)43(72)63-34(50(79)80)13-10-20-59-52(56)57/h15-18,27-30,33-38,41-42,69H,9-14,19-26,53H2,1-8H3,(H,60,70)(H,61,76)(H,62,75)(H,63,72)(H,64,74)(H,65,77)(H,66,73)(H,67,71)(H,79,80)(H4,54,55,58)(H4,56,57,59)/t33-,34-,35-,36-,37-,38-,41-,42-/m0/s1. The van der Waals surface area contributed by atoms with E-state index in [4.69, 9.17) is 28.7 Å². The minimum Gasteiger partial charge on any atom is -0.508 e. The molecule has 1 aromatic carbocycles. The number of likely N-dealkylation sites (tertiary alicyclic amines) is 1. The van der Waals surface area contributed by atoms with Crippen LogP contribution in [-0.2, 0) is 54.4 Å². The molecule has 9 amide bonds. The summed E-state index contributed by atoms with van der Waals surface area (Å²) in [6.07, 6.45) is 0.989. The Bertz CT molecular complexity index is 2320. The number of aromatic hydroxyl groups is 1. The van der Waals surface area contributed by atoms with Crippen molar-refractivity contribution < 1.29 is 58.2 Å². The summed E-state index contributed by atoms with van der Waals surface area (Å²) < 4.78 is 0. The van der Waals surface area contributed by atoms with Crippen LogP contribution in [-0.4, -0.2) is 167 Å². The maximum atomic E-state index is 14.6. The highest BCUT2D eigenvalue weighted by Crippen LogP contribution is 2.22. The molecular formula is C52H88N16O12. The zero-order valence-corrected chi connectivity index (χ0v) is 47.3. The maximum Gasteiger partial charge on any atom is 0.326 e. The lowest BCUT2D eigenvalue weighted by molar-refractivity contribution is -0.144. The van der Waals surface area contributed by atoms with Gasteiger partial charge < -0.3 is 86.3 Å². The molecule has 1 heterocycles. The molecule has 8 atom stereocenters. The largest absolute Gasteiger partial charge is 0.508 e. The molecule has 0 spiro atoms. The molecule has 20 N–H and O–H groups in total. The van der Waals surface area contributed by atoms with Gasteiger partial charge in [-0.15, -0.1) is 0 Å². The fraction of sp³-hybridized carbons (Fsp3) is 0.654. The Labute approximate surface area is 467 Å². The summed E-state index contributed by atoms with van der Waals surface area (Å²) in [7, 11) is 0. The van der Waals surface area contributed by atoms with Crippen LogP contribution in [0.4, 0.5) is 0 Å². The van der Waals surface area contributed by atoms with E-state index in [0.717, 1.165) is 0 Å². The van der Waals surface area contributed by atoms with Gasteiger partial charge in [-0.05, 0) is 92.7 Å². The number of guanidine groups is 2. The number of nitrogens with two attached hydrogens (primary N) is 5. The molecule has 448 valence electrons. The smallest absolute Gasteiger partial charge is 0.326 e. The average Bonchev–Trinajstić information content (AvgIpc) is 3.87. The number of carbonyl (C=O) groups excluding carboxylic acids is 9. The summed E-state index contributed by atoms with van der Waals surface area (Å²) in [5, 5.41) is 40.7. The molecule has 28 nitrogen and oxygen atoms in total. The van der Waals surface area contributed by atoms with Crippen LogP contribution >= 0.6 is 0 Å². The molecule has 2 rings (SSSR count). The monoisotopic (exact) mass is 1130 g/mol. The number of phenolic OH excluding ortho intramolecular Hbond substituents is 1. The van der Waals surface area contributed by atoms with Gasteiger partial charge in [-0.1, -0.05) is 67.5 Å². The third-order valence-corrected chi connectivity index (χ3v) is 12.8. The van der Waals surface area contributed by atoms with Crippen LogP contribution in [0, 0.1) is 23.7 Å². The van der Waals surface area contributed by atoms with Crippen molar-refractivity contribution in [1.82, 2.24) is 47.4 Å². The number of rotatable bonds is 34. The van der Waals surface area contributed by atoms with E-state index in [2.05, 4.69) is 52.5 Å². The van der Waals surface area contributed by atoms with Crippen molar-refractivity contribution in [1.29, 1.82) is 0 Å².